The van der Waals surface area contributed by atoms with Crippen LogP contribution in [0.15, 0.2) is 66.7 Å². The second-order valence-electron chi connectivity index (χ2n) is 11.0. The summed E-state index contributed by atoms with van der Waals surface area (Å²) in [6, 6.07) is 21.2. The second-order valence-corrected chi connectivity index (χ2v) is 11.0. The van der Waals surface area contributed by atoms with Crippen molar-refractivity contribution < 1.29 is 28.5 Å². The third kappa shape index (κ3) is 6.03. The summed E-state index contributed by atoms with van der Waals surface area (Å²) in [6.07, 6.45) is 3.72. The zero-order chi connectivity index (χ0) is 29.6. The average molecular weight is 573 g/mol. The fourth-order valence-electron chi connectivity index (χ4n) is 6.38. The van der Waals surface area contributed by atoms with Crippen LogP contribution in [0, 0.1) is 11.8 Å². The van der Waals surface area contributed by atoms with Gasteiger partial charge >= 0.3 is 0 Å². The minimum Gasteiger partial charge on any atom is -0.497 e. The third-order valence-electron chi connectivity index (χ3n) is 8.59. The van der Waals surface area contributed by atoms with Crippen LogP contribution in [0.2, 0.25) is 0 Å². The van der Waals surface area contributed by atoms with Crippen molar-refractivity contribution in [2.75, 3.05) is 46.4 Å². The van der Waals surface area contributed by atoms with Crippen LogP contribution in [-0.2, 0) is 16.0 Å². The lowest BCUT2D eigenvalue weighted by molar-refractivity contribution is -0.139. The molecule has 2 amide bonds. The van der Waals surface area contributed by atoms with Crippen molar-refractivity contribution in [2.24, 2.45) is 11.8 Å². The van der Waals surface area contributed by atoms with Crippen molar-refractivity contribution in [1.82, 2.24) is 4.90 Å². The van der Waals surface area contributed by atoms with Crippen molar-refractivity contribution in [3.05, 3.63) is 77.9 Å². The molecule has 0 bridgehead atoms. The summed E-state index contributed by atoms with van der Waals surface area (Å²) in [5, 5.41) is 0. The molecule has 3 aromatic rings. The molecule has 2 aliphatic heterocycles. The molecule has 3 aromatic carbocycles. The Labute approximate surface area is 248 Å². The minimum absolute atomic E-state index is 0.0595. The number of nitrogens with zero attached hydrogens (tertiary/aromatic N) is 2. The number of carbonyl (C=O) groups is 2. The molecule has 0 radical (unpaired) electrons. The number of amides is 2. The third-order valence-corrected chi connectivity index (χ3v) is 8.59. The Balaban J connectivity index is 1.46. The molecule has 2 atom stereocenters. The van der Waals surface area contributed by atoms with E-state index < -0.39 is 12.0 Å². The van der Waals surface area contributed by atoms with E-state index in [9.17, 15) is 9.59 Å². The van der Waals surface area contributed by atoms with Gasteiger partial charge in [0.25, 0.3) is 0 Å². The molecule has 0 aliphatic carbocycles. The van der Waals surface area contributed by atoms with E-state index in [-0.39, 0.29) is 18.2 Å². The first-order chi connectivity index (χ1) is 20.5. The Kier molecular flexibility index (Phi) is 9.20. The summed E-state index contributed by atoms with van der Waals surface area (Å²) in [6.45, 7) is 1.45. The van der Waals surface area contributed by atoms with Crippen LogP contribution in [0.5, 0.6) is 23.0 Å². The van der Waals surface area contributed by atoms with Crippen LogP contribution in [0.1, 0.15) is 42.9 Å². The van der Waals surface area contributed by atoms with Gasteiger partial charge in [0.15, 0.2) is 11.5 Å². The van der Waals surface area contributed by atoms with Crippen LogP contribution >= 0.6 is 0 Å². The zero-order valence-corrected chi connectivity index (χ0v) is 24.9. The number of ether oxygens (including phenoxy) is 4. The van der Waals surface area contributed by atoms with Crippen molar-refractivity contribution in [3.63, 3.8) is 0 Å². The van der Waals surface area contributed by atoms with E-state index >= 15 is 0 Å². The Morgan fingerprint density at radius 1 is 0.810 bits per heavy atom. The number of benzene rings is 3. The van der Waals surface area contributed by atoms with E-state index in [1.54, 1.807) is 45.5 Å². The summed E-state index contributed by atoms with van der Waals surface area (Å²) in [5.74, 6) is 2.24. The van der Waals surface area contributed by atoms with Crippen molar-refractivity contribution in [3.8, 4) is 23.0 Å². The number of hydrogen-bond donors (Lipinski definition) is 0. The SMILES string of the molecule is COc1ccc([C@H]2[C@H](C(=O)N3CCC(Cc4ccccc4)CC3)CCC(=O)N2c2cc(OC)c(OC)c(OC)c2)cc1. The van der Waals surface area contributed by atoms with E-state index in [1.165, 1.54) is 5.56 Å². The highest BCUT2D eigenvalue weighted by atomic mass is 16.5. The topological polar surface area (TPSA) is 77.5 Å². The smallest absolute Gasteiger partial charge is 0.228 e. The second kappa shape index (κ2) is 13.2. The minimum atomic E-state index is -0.505. The van der Waals surface area contributed by atoms with Crippen molar-refractivity contribution in [2.45, 2.75) is 38.1 Å². The lowest BCUT2D eigenvalue weighted by Crippen LogP contribution is -2.50. The van der Waals surface area contributed by atoms with Gasteiger partial charge in [0.2, 0.25) is 17.6 Å². The normalized spacial score (nSPS) is 19.4. The molecule has 0 aromatic heterocycles. The first-order valence-electron chi connectivity index (χ1n) is 14.6. The first-order valence-corrected chi connectivity index (χ1v) is 14.6. The van der Waals surface area contributed by atoms with Crippen LogP contribution in [0.25, 0.3) is 0 Å². The van der Waals surface area contributed by atoms with Crippen LogP contribution in [0.4, 0.5) is 5.69 Å². The van der Waals surface area contributed by atoms with Gasteiger partial charge in [-0.3, -0.25) is 9.59 Å². The number of piperidine rings is 2. The molecular formula is C34H40N2O6. The molecule has 42 heavy (non-hydrogen) atoms. The van der Waals surface area contributed by atoms with Crippen LogP contribution < -0.4 is 23.8 Å². The number of hydrogen-bond acceptors (Lipinski definition) is 6. The maximum Gasteiger partial charge on any atom is 0.228 e. The van der Waals surface area contributed by atoms with Crippen molar-refractivity contribution >= 4 is 17.5 Å². The first kappa shape index (κ1) is 29.3. The molecule has 0 N–H and O–H groups in total. The Hall–Kier alpha value is -4.20. The summed E-state index contributed by atoms with van der Waals surface area (Å²) < 4.78 is 22.1. The Morgan fingerprint density at radius 3 is 2.02 bits per heavy atom. The molecule has 2 saturated heterocycles. The lowest BCUT2D eigenvalue weighted by atomic mass is 9.82. The standard InChI is InChI=1S/C34H40N2O6/c1-39-27-12-10-25(11-13-27)32-28(34(38)35-18-16-24(17-19-35)20-23-8-6-5-7-9-23)14-15-31(37)36(32)26-21-29(40-2)33(42-4)30(22-26)41-3/h5-13,21-22,24,28,32H,14-20H2,1-4H3/t28-,32+/m1/s1. The molecule has 5 rings (SSSR count). The summed E-state index contributed by atoms with van der Waals surface area (Å²) >= 11 is 0. The number of carbonyl (C=O) groups excluding carboxylic acids is 2. The highest BCUT2D eigenvalue weighted by Crippen LogP contribution is 2.47. The number of methoxy groups -OCH3 is 4. The number of rotatable bonds is 9. The molecule has 2 heterocycles. The number of likely N-dealkylation sites (tertiary alicyclic amines) is 1. The van der Waals surface area contributed by atoms with E-state index in [0.717, 1.165) is 37.9 Å². The predicted molar refractivity (Wildman–Crippen MR) is 161 cm³/mol. The molecule has 8 heteroatoms. The average Bonchev–Trinajstić information content (AvgIpc) is 3.04. The van der Waals surface area contributed by atoms with Gasteiger partial charge < -0.3 is 28.7 Å². The lowest BCUT2D eigenvalue weighted by Gasteiger charge is -2.43. The van der Waals surface area contributed by atoms with E-state index in [1.807, 2.05) is 35.2 Å². The van der Waals surface area contributed by atoms with Gasteiger partial charge in [-0.05, 0) is 54.9 Å². The monoisotopic (exact) mass is 572 g/mol. The molecule has 0 saturated carbocycles. The zero-order valence-electron chi connectivity index (χ0n) is 24.9. The highest BCUT2D eigenvalue weighted by molar-refractivity contribution is 5.98. The van der Waals surface area contributed by atoms with Gasteiger partial charge in [-0.25, -0.2) is 0 Å². The van der Waals surface area contributed by atoms with Gasteiger partial charge in [0.1, 0.15) is 5.75 Å². The fraction of sp³-hybridized carbons (Fsp3) is 0.412. The number of anilines is 1. The van der Waals surface area contributed by atoms with Gasteiger partial charge in [-0.15, -0.1) is 0 Å². The Morgan fingerprint density at radius 2 is 1.45 bits per heavy atom. The maximum absolute atomic E-state index is 14.2. The maximum atomic E-state index is 14.2. The summed E-state index contributed by atoms with van der Waals surface area (Å²) in [5.41, 5.74) is 2.80. The van der Waals surface area contributed by atoms with E-state index in [2.05, 4.69) is 24.3 Å². The molecule has 2 fully saturated rings. The summed E-state index contributed by atoms with van der Waals surface area (Å²) in [7, 11) is 6.26. The van der Waals surface area contributed by atoms with E-state index in [4.69, 9.17) is 18.9 Å². The largest absolute Gasteiger partial charge is 0.497 e. The van der Waals surface area contributed by atoms with E-state index in [0.29, 0.717) is 41.0 Å². The molecular weight excluding hydrogens is 532 g/mol. The Bertz CT molecular complexity index is 1340. The van der Waals surface area contributed by atoms with Gasteiger partial charge in [0, 0.05) is 31.6 Å². The van der Waals surface area contributed by atoms with Crippen molar-refractivity contribution in [1.29, 1.82) is 0 Å². The quantitative estimate of drug-likeness (QED) is 0.328. The van der Waals surface area contributed by atoms with Crippen LogP contribution in [0.3, 0.4) is 0 Å². The molecule has 8 nitrogen and oxygen atoms in total. The molecule has 0 unspecified atom stereocenters. The molecule has 0 spiro atoms. The highest BCUT2D eigenvalue weighted by Gasteiger charge is 2.44. The predicted octanol–water partition coefficient (Wildman–Crippen LogP) is 5.69. The van der Waals surface area contributed by atoms with Gasteiger partial charge in [-0.2, -0.15) is 0 Å². The molecule has 2 aliphatic rings. The molecule has 222 valence electrons. The van der Waals surface area contributed by atoms with Crippen LogP contribution in [-0.4, -0.2) is 58.2 Å². The summed E-state index contributed by atoms with van der Waals surface area (Å²) in [4.78, 5) is 31.7. The fourth-order valence-corrected chi connectivity index (χ4v) is 6.38. The van der Waals surface area contributed by atoms with Gasteiger partial charge in [0.05, 0.1) is 46.1 Å². The van der Waals surface area contributed by atoms with Gasteiger partial charge in [-0.1, -0.05) is 42.5 Å².